The van der Waals surface area contributed by atoms with Crippen LogP contribution >= 0.6 is 11.3 Å². The van der Waals surface area contributed by atoms with E-state index >= 15 is 0 Å². The van der Waals surface area contributed by atoms with Crippen molar-refractivity contribution in [2.45, 2.75) is 0 Å². The Morgan fingerprint density at radius 1 is 0.292 bits per heavy atom. The summed E-state index contributed by atoms with van der Waals surface area (Å²) in [6.45, 7) is 7.73. The van der Waals surface area contributed by atoms with Crippen molar-refractivity contribution in [3.8, 4) is 33.4 Å². The summed E-state index contributed by atoms with van der Waals surface area (Å²) in [4.78, 5) is 3.80. The number of hydrogen-bond acceptors (Lipinski definition) is 1. The first kappa shape index (κ1) is 36.2. The van der Waals surface area contributed by atoms with Crippen molar-refractivity contribution in [3.63, 3.8) is 0 Å². The molecule has 0 radical (unpaired) electrons. The smallest absolute Gasteiger partial charge is 0.194 e. The summed E-state index contributed by atoms with van der Waals surface area (Å²) >= 11 is 1.93. The number of fused-ring (bicyclic) bond motifs is 17. The summed E-state index contributed by atoms with van der Waals surface area (Å²) in [6, 6.07) is 78.2. The summed E-state index contributed by atoms with van der Waals surface area (Å²) in [5.74, 6) is 0. The Morgan fingerprint density at radius 2 is 0.723 bits per heavy atom. The Labute approximate surface area is 378 Å². The number of thiophene rings is 1. The first-order valence-corrected chi connectivity index (χ1v) is 23.0. The van der Waals surface area contributed by atoms with E-state index in [1.165, 1.54) is 118 Å². The van der Waals surface area contributed by atoms with Gasteiger partial charge in [0.2, 0.25) is 0 Å². The van der Waals surface area contributed by atoms with Gasteiger partial charge in [0.05, 0.1) is 6.57 Å². The lowest BCUT2D eigenvalue weighted by Crippen LogP contribution is -1.91. The number of rotatable bonds is 3. The molecule has 13 aromatic carbocycles. The number of benzene rings is 13. The lowest BCUT2D eigenvalue weighted by atomic mass is 9.84. The molecule has 0 saturated carbocycles. The molecule has 0 fully saturated rings. The van der Waals surface area contributed by atoms with Gasteiger partial charge in [-0.3, -0.25) is 0 Å². The summed E-state index contributed by atoms with van der Waals surface area (Å²) in [6.07, 6.45) is 0. The fraction of sp³-hybridized carbons (Fsp3) is 0. The average Bonchev–Trinajstić information content (AvgIpc) is 3.76. The fourth-order valence-electron chi connectivity index (χ4n) is 11.2. The third kappa shape index (κ3) is 5.19. The van der Waals surface area contributed by atoms with Crippen LogP contribution < -0.4 is 0 Å². The predicted octanol–water partition coefficient (Wildman–Crippen LogP) is 18.8. The minimum atomic E-state index is 0.684. The largest absolute Gasteiger partial charge is 0.238 e. The molecular weight excluding hydrogens is 803 g/mol. The third-order valence-electron chi connectivity index (χ3n) is 14.0. The van der Waals surface area contributed by atoms with Gasteiger partial charge in [-0.25, -0.2) is 4.85 Å². The standard InChI is InChI=1S/C63H35NS/c1-64-58-33-32-40(41-14-4-7-19-47(41)58)37-26-28-38(29-27-37)60-49-21-9-11-23-51(49)61(52-24-12-10-22-50(52)60)39-30-31-46-54(34-39)44-17-2-3-18-45(44)55-35-57-59(36-56(46)55)65-63-53-25-13-6-16-43(53)42-15-5-8-20-48(42)62(57)63/h2-36H. The molecule has 0 unspecified atom stereocenters. The zero-order valence-corrected chi connectivity index (χ0v) is 35.9. The highest BCUT2D eigenvalue weighted by atomic mass is 32.1. The quantitative estimate of drug-likeness (QED) is 0.0949. The van der Waals surface area contributed by atoms with Crippen LogP contribution in [-0.4, -0.2) is 0 Å². The maximum absolute atomic E-state index is 7.73. The van der Waals surface area contributed by atoms with Crippen molar-refractivity contribution >= 4 is 123 Å². The van der Waals surface area contributed by atoms with E-state index in [1.54, 1.807) is 0 Å². The van der Waals surface area contributed by atoms with E-state index < -0.39 is 0 Å². The SMILES string of the molecule is [C-]#[N+]c1ccc(-c2ccc(-c3c4ccccc4c(-c4ccc5c(c4)c4ccccc4c4cc6c(cc54)sc4c5ccccc5c5ccccc5c64)c4ccccc34)cc2)c2ccccc12. The third-order valence-corrected chi connectivity index (χ3v) is 15.2. The highest BCUT2D eigenvalue weighted by Crippen LogP contribution is 2.49. The minimum Gasteiger partial charge on any atom is -0.238 e. The van der Waals surface area contributed by atoms with Gasteiger partial charge < -0.3 is 0 Å². The predicted molar refractivity (Wildman–Crippen MR) is 282 cm³/mol. The highest BCUT2D eigenvalue weighted by molar-refractivity contribution is 7.27. The van der Waals surface area contributed by atoms with E-state index in [2.05, 4.69) is 199 Å². The van der Waals surface area contributed by atoms with Gasteiger partial charge in [-0.05, 0) is 132 Å². The Hall–Kier alpha value is -8.35. The second kappa shape index (κ2) is 13.8. The second-order valence-electron chi connectivity index (χ2n) is 17.3. The first-order valence-electron chi connectivity index (χ1n) is 22.2. The fourth-order valence-corrected chi connectivity index (χ4v) is 12.5. The average molecular weight is 838 g/mol. The molecule has 0 aliphatic carbocycles. The van der Waals surface area contributed by atoms with Crippen molar-refractivity contribution in [2.75, 3.05) is 0 Å². The van der Waals surface area contributed by atoms with E-state index in [4.69, 9.17) is 6.57 Å². The van der Waals surface area contributed by atoms with Crippen LogP contribution in [0.25, 0.3) is 145 Å². The molecule has 298 valence electrons. The molecule has 0 amide bonds. The van der Waals surface area contributed by atoms with Gasteiger partial charge in [-0.15, -0.1) is 11.3 Å². The zero-order chi connectivity index (χ0) is 42.8. The number of nitrogens with zero attached hydrogens (tertiary/aromatic N) is 1. The van der Waals surface area contributed by atoms with E-state index in [0.29, 0.717) is 5.69 Å². The Kier molecular flexibility index (Phi) is 7.69. The summed E-state index contributed by atoms with van der Waals surface area (Å²) in [5.41, 5.74) is 7.85. The molecule has 1 aromatic heterocycles. The molecule has 1 nitrogen and oxygen atoms in total. The molecule has 0 aliphatic rings. The molecule has 0 bridgehead atoms. The molecule has 1 heterocycles. The summed E-state index contributed by atoms with van der Waals surface area (Å²) < 4.78 is 2.68. The topological polar surface area (TPSA) is 4.36 Å². The van der Waals surface area contributed by atoms with E-state index in [0.717, 1.165) is 21.9 Å². The maximum atomic E-state index is 7.73. The summed E-state index contributed by atoms with van der Waals surface area (Å²) in [7, 11) is 0. The lowest BCUT2D eigenvalue weighted by Gasteiger charge is -2.19. The summed E-state index contributed by atoms with van der Waals surface area (Å²) in [5, 5.41) is 22.7. The van der Waals surface area contributed by atoms with Gasteiger partial charge in [0.1, 0.15) is 0 Å². The molecule has 14 aromatic rings. The van der Waals surface area contributed by atoms with Crippen LogP contribution in [0, 0.1) is 6.57 Å². The van der Waals surface area contributed by atoms with Crippen molar-refractivity contribution in [1.82, 2.24) is 0 Å². The van der Waals surface area contributed by atoms with Crippen LogP contribution in [-0.2, 0) is 0 Å². The van der Waals surface area contributed by atoms with Crippen molar-refractivity contribution < 1.29 is 0 Å². The maximum Gasteiger partial charge on any atom is 0.194 e. The molecular formula is C63H35NS. The van der Waals surface area contributed by atoms with Crippen LogP contribution in [0.5, 0.6) is 0 Å². The molecule has 0 saturated heterocycles. The Morgan fingerprint density at radius 3 is 1.34 bits per heavy atom. The van der Waals surface area contributed by atoms with Crippen molar-refractivity contribution in [1.29, 1.82) is 0 Å². The van der Waals surface area contributed by atoms with Gasteiger partial charge in [0, 0.05) is 25.6 Å². The molecule has 0 spiro atoms. The zero-order valence-electron chi connectivity index (χ0n) is 35.1. The van der Waals surface area contributed by atoms with Crippen molar-refractivity contribution in [2.24, 2.45) is 0 Å². The Balaban J connectivity index is 0.983. The Bertz CT molecular complexity index is 4360. The molecule has 0 atom stereocenters. The molecule has 14 rings (SSSR count). The molecule has 0 aliphatic heterocycles. The van der Waals surface area contributed by atoms with Crippen molar-refractivity contribution in [3.05, 3.63) is 224 Å². The second-order valence-corrected chi connectivity index (χ2v) is 18.4. The van der Waals surface area contributed by atoms with Gasteiger partial charge in [-0.2, -0.15) is 0 Å². The highest BCUT2D eigenvalue weighted by Gasteiger charge is 2.20. The van der Waals surface area contributed by atoms with Crippen LogP contribution in [0.4, 0.5) is 5.69 Å². The van der Waals surface area contributed by atoms with Gasteiger partial charge >= 0.3 is 0 Å². The number of hydrogen-bond donors (Lipinski definition) is 0. The van der Waals surface area contributed by atoms with Gasteiger partial charge in [-0.1, -0.05) is 194 Å². The molecule has 65 heavy (non-hydrogen) atoms. The first-order chi connectivity index (χ1) is 32.2. The normalized spacial score (nSPS) is 12.0. The molecule has 0 N–H and O–H groups in total. The molecule has 2 heteroatoms. The van der Waals surface area contributed by atoms with Gasteiger partial charge in [0.15, 0.2) is 5.69 Å². The van der Waals surface area contributed by atoms with E-state index in [9.17, 15) is 0 Å². The van der Waals surface area contributed by atoms with Gasteiger partial charge in [0.25, 0.3) is 0 Å². The van der Waals surface area contributed by atoms with Crippen LogP contribution in [0.2, 0.25) is 0 Å². The van der Waals surface area contributed by atoms with E-state index in [-0.39, 0.29) is 0 Å². The van der Waals surface area contributed by atoms with Crippen LogP contribution in [0.15, 0.2) is 212 Å². The lowest BCUT2D eigenvalue weighted by molar-refractivity contribution is 1.63. The van der Waals surface area contributed by atoms with Crippen LogP contribution in [0.3, 0.4) is 0 Å². The monoisotopic (exact) mass is 837 g/mol. The van der Waals surface area contributed by atoms with E-state index in [1.807, 2.05) is 29.5 Å². The van der Waals surface area contributed by atoms with Crippen LogP contribution in [0.1, 0.15) is 0 Å². The minimum absolute atomic E-state index is 0.684.